The quantitative estimate of drug-likeness (QED) is 0.738. The Morgan fingerprint density at radius 3 is 2.58 bits per heavy atom. The number of carbonyl (C=O) groups excluding carboxylic acids is 1. The average molecular weight is 305 g/mol. The van der Waals surface area contributed by atoms with Crippen molar-refractivity contribution < 1.29 is 13.2 Å². The minimum Gasteiger partial charge on any atom is -0.350 e. The number of nitrogens with zero attached hydrogens (tertiary/aromatic N) is 2. The molecule has 0 aliphatic rings. The van der Waals surface area contributed by atoms with Gasteiger partial charge in [-0.3, -0.25) is 4.79 Å². The van der Waals surface area contributed by atoms with Crippen LogP contribution < -0.4 is 5.32 Å². The Bertz CT molecular complexity index is 511. The van der Waals surface area contributed by atoms with Crippen molar-refractivity contribution in [1.82, 2.24) is 15.5 Å². The first kappa shape index (κ1) is 16.0. The van der Waals surface area contributed by atoms with Gasteiger partial charge in [0.2, 0.25) is 19.2 Å². The molecule has 1 aromatic rings. The molecule has 0 fully saturated rings. The van der Waals surface area contributed by atoms with Crippen LogP contribution in [0.1, 0.15) is 49.3 Å². The maximum Gasteiger partial charge on any atom is 0.282 e. The standard InChI is InChI=1S/C11H19N3O3S2/c1-3-5-6-7-8-19(16,17)11-14-13-10(18-11)9(15)12-4-2/h3-8H2,1-2H3,(H,12,15). The summed E-state index contributed by atoms with van der Waals surface area (Å²) >= 11 is 0.829. The van der Waals surface area contributed by atoms with Gasteiger partial charge in [-0.05, 0) is 13.3 Å². The van der Waals surface area contributed by atoms with Crippen molar-refractivity contribution in [2.75, 3.05) is 12.3 Å². The zero-order chi connectivity index (χ0) is 14.3. The Morgan fingerprint density at radius 2 is 1.95 bits per heavy atom. The molecule has 1 amide bonds. The summed E-state index contributed by atoms with van der Waals surface area (Å²) < 4.78 is 23.9. The predicted octanol–water partition coefficient (Wildman–Crippen LogP) is 1.64. The number of hydrogen-bond donors (Lipinski definition) is 1. The molecule has 1 rings (SSSR count). The van der Waals surface area contributed by atoms with Gasteiger partial charge in [-0.25, -0.2) is 8.42 Å². The maximum absolute atomic E-state index is 12.0. The highest BCUT2D eigenvalue weighted by molar-refractivity contribution is 7.93. The van der Waals surface area contributed by atoms with E-state index in [1.165, 1.54) is 0 Å². The van der Waals surface area contributed by atoms with Gasteiger partial charge in [-0.1, -0.05) is 37.5 Å². The molecule has 0 aliphatic carbocycles. The zero-order valence-electron chi connectivity index (χ0n) is 11.2. The maximum atomic E-state index is 12.0. The van der Waals surface area contributed by atoms with Crippen molar-refractivity contribution in [3.63, 3.8) is 0 Å². The number of sulfone groups is 1. The summed E-state index contributed by atoms with van der Waals surface area (Å²) in [6.45, 7) is 4.32. The molecule has 0 aromatic carbocycles. The molecule has 8 heteroatoms. The predicted molar refractivity (Wildman–Crippen MR) is 74.1 cm³/mol. The second kappa shape index (κ2) is 7.54. The van der Waals surface area contributed by atoms with Crippen LogP contribution in [0.25, 0.3) is 0 Å². The van der Waals surface area contributed by atoms with Crippen molar-refractivity contribution >= 4 is 27.1 Å². The van der Waals surface area contributed by atoms with Crippen LogP contribution >= 0.6 is 11.3 Å². The number of aromatic nitrogens is 2. The van der Waals surface area contributed by atoms with Gasteiger partial charge in [0.05, 0.1) is 5.75 Å². The molecule has 0 spiro atoms. The van der Waals surface area contributed by atoms with Crippen LogP contribution in [0.3, 0.4) is 0 Å². The van der Waals surface area contributed by atoms with E-state index < -0.39 is 9.84 Å². The largest absolute Gasteiger partial charge is 0.350 e. The second-order valence-electron chi connectivity index (χ2n) is 4.11. The van der Waals surface area contributed by atoms with E-state index in [0.29, 0.717) is 13.0 Å². The Labute approximate surface area is 117 Å². The van der Waals surface area contributed by atoms with E-state index in [-0.39, 0.29) is 21.0 Å². The number of unbranched alkanes of at least 4 members (excludes halogenated alkanes) is 3. The first-order chi connectivity index (χ1) is 9.01. The SMILES string of the molecule is CCCCCCS(=O)(=O)c1nnc(C(=O)NCC)s1. The molecule has 108 valence electrons. The third-order valence-electron chi connectivity index (χ3n) is 2.47. The Hall–Kier alpha value is -1.02. The summed E-state index contributed by atoms with van der Waals surface area (Å²) in [4.78, 5) is 11.5. The lowest BCUT2D eigenvalue weighted by molar-refractivity contribution is 0.0954. The van der Waals surface area contributed by atoms with E-state index in [4.69, 9.17) is 0 Å². The van der Waals surface area contributed by atoms with E-state index in [0.717, 1.165) is 30.6 Å². The Kier molecular flexibility index (Phi) is 6.36. The van der Waals surface area contributed by atoms with Crippen molar-refractivity contribution in [3.8, 4) is 0 Å². The number of hydrogen-bond acceptors (Lipinski definition) is 6. The summed E-state index contributed by atoms with van der Waals surface area (Å²) in [5.41, 5.74) is 0. The van der Waals surface area contributed by atoms with Gasteiger partial charge >= 0.3 is 0 Å². The van der Waals surface area contributed by atoms with Crippen molar-refractivity contribution in [2.45, 2.75) is 43.9 Å². The molecule has 0 unspecified atom stereocenters. The molecule has 0 radical (unpaired) electrons. The van der Waals surface area contributed by atoms with E-state index in [9.17, 15) is 13.2 Å². The summed E-state index contributed by atoms with van der Waals surface area (Å²) in [7, 11) is -3.40. The van der Waals surface area contributed by atoms with Gasteiger partial charge in [-0.15, -0.1) is 10.2 Å². The van der Waals surface area contributed by atoms with Crippen molar-refractivity contribution in [2.24, 2.45) is 0 Å². The molecule has 1 heterocycles. The highest BCUT2D eigenvalue weighted by Gasteiger charge is 2.22. The van der Waals surface area contributed by atoms with Gasteiger partial charge in [-0.2, -0.15) is 0 Å². The Balaban J connectivity index is 2.66. The van der Waals surface area contributed by atoms with E-state index >= 15 is 0 Å². The lowest BCUT2D eigenvalue weighted by Crippen LogP contribution is -2.22. The molecular formula is C11H19N3O3S2. The third-order valence-corrected chi connectivity index (χ3v) is 5.64. The second-order valence-corrected chi connectivity index (χ2v) is 7.37. The number of rotatable bonds is 8. The Morgan fingerprint density at radius 1 is 1.21 bits per heavy atom. The average Bonchev–Trinajstić information content (AvgIpc) is 2.85. The monoisotopic (exact) mass is 305 g/mol. The van der Waals surface area contributed by atoms with Crippen LogP contribution in [0.15, 0.2) is 4.34 Å². The molecule has 6 nitrogen and oxygen atoms in total. The molecule has 0 aliphatic heterocycles. The molecule has 1 N–H and O–H groups in total. The van der Waals surface area contributed by atoms with Gasteiger partial charge in [0.15, 0.2) is 0 Å². The highest BCUT2D eigenvalue weighted by atomic mass is 32.2. The molecule has 0 saturated carbocycles. The summed E-state index contributed by atoms with van der Waals surface area (Å²) in [5, 5.41) is 9.88. The minimum atomic E-state index is -3.40. The van der Waals surface area contributed by atoms with Crippen LogP contribution in [0.5, 0.6) is 0 Å². The van der Waals surface area contributed by atoms with E-state index in [1.54, 1.807) is 6.92 Å². The first-order valence-electron chi connectivity index (χ1n) is 6.35. The smallest absolute Gasteiger partial charge is 0.282 e. The fourth-order valence-corrected chi connectivity index (χ4v) is 3.88. The van der Waals surface area contributed by atoms with Gasteiger partial charge in [0.25, 0.3) is 5.91 Å². The van der Waals surface area contributed by atoms with Crippen LogP contribution in [-0.2, 0) is 9.84 Å². The summed E-state index contributed by atoms with van der Waals surface area (Å²) in [6.07, 6.45) is 3.58. The highest BCUT2D eigenvalue weighted by Crippen LogP contribution is 2.18. The number of nitrogens with one attached hydrogen (secondary N) is 1. The number of amides is 1. The van der Waals surface area contributed by atoms with Crippen molar-refractivity contribution in [3.05, 3.63) is 5.01 Å². The molecular weight excluding hydrogens is 286 g/mol. The molecule has 19 heavy (non-hydrogen) atoms. The topological polar surface area (TPSA) is 89.0 Å². The molecule has 0 bridgehead atoms. The lowest BCUT2D eigenvalue weighted by Gasteiger charge is -1.99. The van der Waals surface area contributed by atoms with E-state index in [2.05, 4.69) is 22.4 Å². The van der Waals surface area contributed by atoms with Crippen LogP contribution in [0.2, 0.25) is 0 Å². The molecule has 1 aromatic heterocycles. The first-order valence-corrected chi connectivity index (χ1v) is 8.82. The van der Waals surface area contributed by atoms with Gasteiger partial charge in [0.1, 0.15) is 0 Å². The zero-order valence-corrected chi connectivity index (χ0v) is 12.8. The van der Waals surface area contributed by atoms with Crippen LogP contribution in [0, 0.1) is 0 Å². The fourth-order valence-electron chi connectivity index (χ4n) is 1.47. The molecule has 0 atom stereocenters. The normalized spacial score (nSPS) is 11.5. The fraction of sp³-hybridized carbons (Fsp3) is 0.727. The van der Waals surface area contributed by atoms with Crippen molar-refractivity contribution in [1.29, 1.82) is 0 Å². The molecule has 0 saturated heterocycles. The third kappa shape index (κ3) is 4.87. The number of carbonyl (C=O) groups is 1. The van der Waals surface area contributed by atoms with E-state index in [1.807, 2.05) is 0 Å². The van der Waals surface area contributed by atoms with Crippen LogP contribution in [0.4, 0.5) is 0 Å². The van der Waals surface area contributed by atoms with Crippen LogP contribution in [-0.4, -0.2) is 36.8 Å². The summed E-state index contributed by atoms with van der Waals surface area (Å²) in [5.74, 6) is -0.316. The summed E-state index contributed by atoms with van der Waals surface area (Å²) in [6, 6.07) is 0. The van der Waals surface area contributed by atoms with Gasteiger partial charge < -0.3 is 5.32 Å². The van der Waals surface area contributed by atoms with Gasteiger partial charge in [0, 0.05) is 6.54 Å². The lowest BCUT2D eigenvalue weighted by atomic mass is 10.2. The minimum absolute atomic E-state index is 0.0646.